The molecule has 7 N–H and O–H groups in total. The highest BCUT2D eigenvalue weighted by Crippen LogP contribution is 2.32. The molecule has 0 bridgehead atoms. The molecule has 0 amide bonds. The number of carboxylic acids is 3. The van der Waals surface area contributed by atoms with Crippen LogP contribution in [0.3, 0.4) is 0 Å². The van der Waals surface area contributed by atoms with Crippen molar-refractivity contribution in [1.29, 1.82) is 0 Å². The van der Waals surface area contributed by atoms with E-state index in [9.17, 15) is 23.3 Å². The molecule has 0 aliphatic carbocycles. The molecule has 0 saturated heterocycles. The molecule has 0 fully saturated rings. The van der Waals surface area contributed by atoms with Gasteiger partial charge in [0.05, 0.1) is 31.9 Å². The number of rotatable bonds is 19. The van der Waals surface area contributed by atoms with Crippen LogP contribution in [0.5, 0.6) is 11.5 Å². The fourth-order valence-electron chi connectivity index (χ4n) is 4.30. The number of alkyl halides is 3. The Labute approximate surface area is 334 Å². The second kappa shape index (κ2) is 29.1. The van der Waals surface area contributed by atoms with Gasteiger partial charge in [-0.1, -0.05) is 92.1 Å². The number of aliphatic carboxylic acids is 2. The number of hydrogen-bond donors (Lipinski definition) is 6. The summed E-state index contributed by atoms with van der Waals surface area (Å²) in [7, 11) is -2.27. The molecular weight excluding hydrogens is 835 g/mol. The van der Waals surface area contributed by atoms with Gasteiger partial charge in [-0.05, 0) is 60.0 Å². The lowest BCUT2D eigenvalue weighted by Crippen LogP contribution is -2.21. The molecule has 17 heteroatoms. The zero-order chi connectivity index (χ0) is 41.1. The first-order chi connectivity index (χ1) is 25.4. The van der Waals surface area contributed by atoms with Crippen LogP contribution in [-0.4, -0.2) is 80.4 Å². The van der Waals surface area contributed by atoms with E-state index in [1.165, 1.54) is 52.1 Å². The Morgan fingerprint density at radius 2 is 1.37 bits per heavy atom. The fourth-order valence-corrected chi connectivity index (χ4v) is 5.26. The molecule has 0 aliphatic heterocycles. The summed E-state index contributed by atoms with van der Waals surface area (Å²) in [6.45, 7) is 3.06. The zero-order valence-corrected chi connectivity index (χ0v) is 34.2. The van der Waals surface area contributed by atoms with Gasteiger partial charge >= 0.3 is 25.5 Å². The van der Waals surface area contributed by atoms with Crippen LogP contribution in [0.1, 0.15) is 74.2 Å². The van der Waals surface area contributed by atoms with Crippen LogP contribution in [0, 0.1) is 0 Å². The second-order valence-corrected chi connectivity index (χ2v) is 15.4. The van der Waals surface area contributed by atoms with Gasteiger partial charge in [0.1, 0.15) is 16.3 Å². The molecule has 0 spiro atoms. The van der Waals surface area contributed by atoms with E-state index in [0.29, 0.717) is 16.9 Å². The molecule has 3 rings (SSSR count). The average molecular weight is 886 g/mol. The highest BCUT2D eigenvalue weighted by Gasteiger charge is 2.23. The van der Waals surface area contributed by atoms with E-state index in [0.717, 1.165) is 34.4 Å². The maximum Gasteiger partial charge on any atom is 0.341 e. The molecule has 0 radical (unpaired) electrons. The standard InChI is InChI=1S/C23H30O3.C9H9BrO3.C3H3Cl2FO2.C2H8NO3P/c1-2-3-4-5-6-7-8-9-18-26-22-16-14-20(15-17-22)19-10-12-21(13-11-19)23(24)25;1-13-8-3-2-7(10)4-6(8)5-9(11)12;4-2(5)1(6)3(7)8;3-1-2-7(4,5)6/h10-17H,2-9,18H2,1H3,(H,24,25);2-4H,5H2,1H3,(H,11,12);1-2H,(H,7,8);1-3H2,(H2,4,5,6). The summed E-state index contributed by atoms with van der Waals surface area (Å²) in [6, 6.07) is 20.2. The minimum Gasteiger partial charge on any atom is -0.496 e. The summed E-state index contributed by atoms with van der Waals surface area (Å²) in [4.78, 5) is 45.6. The van der Waals surface area contributed by atoms with Crippen LogP contribution < -0.4 is 15.2 Å². The number of ether oxygens (including phenoxy) is 2. The fraction of sp³-hybridized carbons (Fsp3) is 0.432. The molecule has 1 unspecified atom stereocenters. The minimum atomic E-state index is -3.79. The summed E-state index contributed by atoms with van der Waals surface area (Å²) in [5.41, 5.74) is 7.86. The number of methoxy groups -OCH3 is 1. The van der Waals surface area contributed by atoms with E-state index in [1.807, 2.05) is 42.5 Å². The average Bonchev–Trinajstić information content (AvgIpc) is 3.11. The number of hydrogen-bond acceptors (Lipinski definition) is 7. The van der Waals surface area contributed by atoms with Crippen molar-refractivity contribution < 1.29 is 57.9 Å². The first-order valence-electron chi connectivity index (χ1n) is 17.0. The van der Waals surface area contributed by atoms with E-state index in [1.54, 1.807) is 24.3 Å². The topological polar surface area (TPSA) is 214 Å². The van der Waals surface area contributed by atoms with Gasteiger partial charge in [0.2, 0.25) is 6.17 Å². The smallest absolute Gasteiger partial charge is 0.341 e. The predicted octanol–water partition coefficient (Wildman–Crippen LogP) is 8.99. The van der Waals surface area contributed by atoms with Crippen molar-refractivity contribution in [1.82, 2.24) is 0 Å². The molecule has 3 aromatic rings. The Balaban J connectivity index is 0.000000827. The van der Waals surface area contributed by atoms with Gasteiger partial charge in [0, 0.05) is 16.6 Å². The van der Waals surface area contributed by atoms with Crippen molar-refractivity contribution in [2.24, 2.45) is 5.73 Å². The van der Waals surface area contributed by atoms with Crippen LogP contribution in [-0.2, 0) is 20.6 Å². The largest absolute Gasteiger partial charge is 0.496 e. The van der Waals surface area contributed by atoms with Crippen molar-refractivity contribution in [2.45, 2.75) is 75.7 Å². The first-order valence-corrected chi connectivity index (χ1v) is 20.4. The number of unbranched alkanes of at least 4 members (excludes halogenated alkanes) is 7. The van der Waals surface area contributed by atoms with Gasteiger partial charge in [-0.25, -0.2) is 14.0 Å². The van der Waals surface area contributed by atoms with Gasteiger partial charge in [-0.2, -0.15) is 0 Å². The molecule has 1 atom stereocenters. The summed E-state index contributed by atoms with van der Waals surface area (Å²) < 4.78 is 33.3. The Morgan fingerprint density at radius 1 is 0.852 bits per heavy atom. The molecule has 12 nitrogen and oxygen atoms in total. The lowest BCUT2D eigenvalue weighted by Gasteiger charge is -2.08. The Hall–Kier alpha value is -3.23. The summed E-state index contributed by atoms with van der Waals surface area (Å²) >= 11 is 12.9. The molecule has 0 heterocycles. The van der Waals surface area contributed by atoms with Gasteiger partial charge in [0.15, 0.2) is 0 Å². The van der Waals surface area contributed by atoms with Crippen molar-refractivity contribution in [3.05, 3.63) is 82.3 Å². The number of aromatic carboxylic acids is 1. The second-order valence-electron chi connectivity index (χ2n) is 11.5. The summed E-state index contributed by atoms with van der Waals surface area (Å²) in [6.07, 6.45) is 7.97. The van der Waals surface area contributed by atoms with E-state index in [4.69, 9.17) is 63.5 Å². The highest BCUT2D eigenvalue weighted by molar-refractivity contribution is 9.10. The predicted molar refractivity (Wildman–Crippen MR) is 213 cm³/mol. The molecule has 0 aliphatic rings. The molecular formula is C37H50BrCl2FNO11P. The van der Waals surface area contributed by atoms with E-state index >= 15 is 0 Å². The van der Waals surface area contributed by atoms with Crippen LogP contribution in [0.4, 0.5) is 4.39 Å². The van der Waals surface area contributed by atoms with Crippen molar-refractivity contribution >= 4 is 64.6 Å². The monoisotopic (exact) mass is 883 g/mol. The minimum absolute atomic E-state index is 0.0252. The Morgan fingerprint density at radius 3 is 1.76 bits per heavy atom. The first kappa shape index (κ1) is 50.8. The van der Waals surface area contributed by atoms with Crippen molar-refractivity contribution in [3.8, 4) is 22.6 Å². The quantitative estimate of drug-likeness (QED) is 0.0378. The van der Waals surface area contributed by atoms with Crippen molar-refractivity contribution in [2.75, 3.05) is 26.4 Å². The Kier molecular flexibility index (Phi) is 27.4. The normalized spacial score (nSPS) is 11.1. The number of carboxylic acid groups (broad SMARTS) is 3. The van der Waals surface area contributed by atoms with Crippen LogP contribution in [0.25, 0.3) is 11.1 Å². The van der Waals surface area contributed by atoms with E-state index in [-0.39, 0.29) is 19.1 Å². The third kappa shape index (κ3) is 25.0. The van der Waals surface area contributed by atoms with Gasteiger partial charge in [0.25, 0.3) is 0 Å². The van der Waals surface area contributed by atoms with Gasteiger partial charge in [-0.15, -0.1) is 23.2 Å². The van der Waals surface area contributed by atoms with Gasteiger partial charge < -0.3 is 40.3 Å². The van der Waals surface area contributed by atoms with Crippen molar-refractivity contribution in [3.63, 3.8) is 0 Å². The van der Waals surface area contributed by atoms with Crippen LogP contribution >= 0.6 is 46.7 Å². The maximum atomic E-state index is 11.8. The molecule has 0 saturated carbocycles. The number of carbonyl (C=O) groups is 3. The molecule has 3 aromatic carbocycles. The molecule has 0 aromatic heterocycles. The third-order valence-corrected chi connectivity index (χ3v) is 8.82. The summed E-state index contributed by atoms with van der Waals surface area (Å²) in [5.74, 6) is -1.91. The van der Waals surface area contributed by atoms with E-state index < -0.39 is 36.5 Å². The molecule has 302 valence electrons. The van der Waals surface area contributed by atoms with Gasteiger partial charge in [-0.3, -0.25) is 9.36 Å². The number of benzene rings is 3. The molecule has 54 heavy (non-hydrogen) atoms. The van der Waals surface area contributed by atoms with Crippen LogP contribution in [0.2, 0.25) is 0 Å². The third-order valence-electron chi connectivity index (χ3n) is 7.05. The van der Waals surface area contributed by atoms with Crippen LogP contribution in [0.15, 0.2) is 71.2 Å². The zero-order valence-electron chi connectivity index (χ0n) is 30.2. The number of nitrogens with two attached hydrogens (primary N) is 1. The highest BCUT2D eigenvalue weighted by atomic mass is 79.9. The Bertz CT molecular complexity index is 1560. The maximum absolute atomic E-state index is 11.8. The lowest BCUT2D eigenvalue weighted by atomic mass is 10.0. The summed E-state index contributed by atoms with van der Waals surface area (Å²) in [5, 5.41) is 25.4. The lowest BCUT2D eigenvalue weighted by molar-refractivity contribution is -0.142. The number of halogens is 4. The SMILES string of the molecule is CCCCCCCCCCOc1ccc(-c2ccc(C(=O)O)cc2)cc1.COc1ccc(Br)cc1CC(=O)O.NCCP(=O)(O)O.O=C(O)C(F)C(Cl)Cl. The van der Waals surface area contributed by atoms with E-state index in [2.05, 4.69) is 22.9 Å².